The fourth-order valence-corrected chi connectivity index (χ4v) is 2.74. The minimum absolute atomic E-state index is 0.0527. The molecule has 1 aliphatic carbocycles. The highest BCUT2D eigenvalue weighted by Gasteiger charge is 2.16. The summed E-state index contributed by atoms with van der Waals surface area (Å²) < 4.78 is 29.3. The van der Waals surface area contributed by atoms with Gasteiger partial charge in [-0.05, 0) is 37.1 Å². The first-order valence-corrected chi connectivity index (χ1v) is 8.48. The van der Waals surface area contributed by atoms with E-state index >= 15 is 0 Å². The van der Waals surface area contributed by atoms with Crippen molar-refractivity contribution in [2.24, 2.45) is 0 Å². The molecule has 1 aliphatic rings. The Bertz CT molecular complexity index is 1040. The first-order valence-electron chi connectivity index (χ1n) is 8.10. The molecule has 2 N–H and O–H groups in total. The van der Waals surface area contributed by atoms with Crippen molar-refractivity contribution in [1.82, 2.24) is 9.55 Å². The number of benzene rings is 1. The van der Waals surface area contributed by atoms with Gasteiger partial charge in [0.05, 0.1) is 12.7 Å². The van der Waals surface area contributed by atoms with Gasteiger partial charge < -0.3 is 15.0 Å². The minimum Gasteiger partial charge on any atom is -0.502 e. The summed E-state index contributed by atoms with van der Waals surface area (Å²) in [5.74, 6) is -2.48. The van der Waals surface area contributed by atoms with Gasteiger partial charge in [-0.3, -0.25) is 4.79 Å². The fraction of sp³-hybridized carbons (Fsp3) is 0.158. The molecule has 0 saturated heterocycles. The SMILES string of the molecule is Cc1c(Cl)cccc1Nc1nc(=O)c(O)cn1CC1=C(F)C(F)=CCC=C1. The molecule has 140 valence electrons. The summed E-state index contributed by atoms with van der Waals surface area (Å²) in [5, 5.41) is 13.2. The van der Waals surface area contributed by atoms with Crippen LogP contribution in [0.2, 0.25) is 5.02 Å². The summed E-state index contributed by atoms with van der Waals surface area (Å²) >= 11 is 6.10. The zero-order chi connectivity index (χ0) is 19.6. The summed E-state index contributed by atoms with van der Waals surface area (Å²) in [5.41, 5.74) is 0.523. The molecule has 0 spiro atoms. The average molecular weight is 392 g/mol. The smallest absolute Gasteiger partial charge is 0.316 e. The van der Waals surface area contributed by atoms with E-state index in [4.69, 9.17) is 11.6 Å². The van der Waals surface area contributed by atoms with Crippen LogP contribution in [-0.4, -0.2) is 14.7 Å². The van der Waals surface area contributed by atoms with Gasteiger partial charge in [-0.15, -0.1) is 0 Å². The normalized spacial score (nSPS) is 14.1. The predicted octanol–water partition coefficient (Wildman–Crippen LogP) is 4.69. The highest BCUT2D eigenvalue weighted by molar-refractivity contribution is 6.31. The largest absolute Gasteiger partial charge is 0.502 e. The van der Waals surface area contributed by atoms with Gasteiger partial charge in [0.15, 0.2) is 17.4 Å². The highest BCUT2D eigenvalue weighted by Crippen LogP contribution is 2.27. The van der Waals surface area contributed by atoms with Gasteiger partial charge in [0, 0.05) is 16.3 Å². The number of halogens is 3. The Morgan fingerprint density at radius 1 is 1.37 bits per heavy atom. The second kappa shape index (κ2) is 7.75. The fourth-order valence-electron chi connectivity index (χ4n) is 2.57. The van der Waals surface area contributed by atoms with E-state index in [9.17, 15) is 18.7 Å². The van der Waals surface area contributed by atoms with Crippen LogP contribution in [-0.2, 0) is 6.54 Å². The molecule has 0 saturated carbocycles. The molecule has 5 nitrogen and oxygen atoms in total. The molecule has 27 heavy (non-hydrogen) atoms. The lowest BCUT2D eigenvalue weighted by Gasteiger charge is -2.16. The summed E-state index contributed by atoms with van der Waals surface area (Å²) in [7, 11) is 0. The van der Waals surface area contributed by atoms with Gasteiger partial charge in [0.1, 0.15) is 0 Å². The number of rotatable bonds is 4. The quantitative estimate of drug-likeness (QED) is 0.793. The molecule has 0 atom stereocenters. The number of nitrogens with one attached hydrogen (secondary N) is 1. The van der Waals surface area contributed by atoms with Crippen molar-refractivity contribution in [1.29, 1.82) is 0 Å². The molecule has 0 bridgehead atoms. The number of aromatic nitrogens is 2. The Balaban J connectivity index is 2.04. The van der Waals surface area contributed by atoms with Gasteiger partial charge in [-0.2, -0.15) is 4.98 Å². The van der Waals surface area contributed by atoms with Crippen molar-refractivity contribution < 1.29 is 13.9 Å². The predicted molar refractivity (Wildman–Crippen MR) is 101 cm³/mol. The Labute approximate surface area is 158 Å². The number of allylic oxidation sites excluding steroid dienone is 6. The molecule has 3 rings (SSSR count). The molecular formula is C19H16ClF2N3O2. The van der Waals surface area contributed by atoms with Gasteiger partial charge in [0.25, 0.3) is 0 Å². The molecule has 2 aromatic rings. The first kappa shape index (κ1) is 18.8. The Kier molecular flexibility index (Phi) is 5.41. The van der Waals surface area contributed by atoms with Crippen LogP contribution in [0, 0.1) is 6.92 Å². The van der Waals surface area contributed by atoms with Crippen LogP contribution in [0.3, 0.4) is 0 Å². The van der Waals surface area contributed by atoms with Crippen molar-refractivity contribution in [3.8, 4) is 5.75 Å². The maximum Gasteiger partial charge on any atom is 0.316 e. The lowest BCUT2D eigenvalue weighted by molar-refractivity contribution is 0.457. The Morgan fingerprint density at radius 3 is 2.93 bits per heavy atom. The van der Waals surface area contributed by atoms with Gasteiger partial charge in [-0.1, -0.05) is 29.8 Å². The lowest BCUT2D eigenvalue weighted by atomic mass is 10.2. The standard InChI is InChI=1S/C19H16ClF2N3O2/c1-11-13(20)6-4-8-15(11)23-19-24-18(27)16(26)10-25(19)9-12-5-2-3-7-14(21)17(12)22/h2,4-8,10,26H,3,9H2,1H3,(H,23,24,27). The molecule has 0 unspecified atom stereocenters. The summed E-state index contributed by atoms with van der Waals surface area (Å²) in [6.45, 7) is 1.64. The monoisotopic (exact) mass is 391 g/mol. The van der Waals surface area contributed by atoms with Gasteiger partial charge in [0.2, 0.25) is 5.95 Å². The molecule has 1 aromatic heterocycles. The van der Waals surface area contributed by atoms with E-state index in [0.29, 0.717) is 10.7 Å². The van der Waals surface area contributed by atoms with Crippen LogP contribution < -0.4 is 10.9 Å². The topological polar surface area (TPSA) is 67.2 Å². The third kappa shape index (κ3) is 4.09. The Morgan fingerprint density at radius 2 is 2.15 bits per heavy atom. The van der Waals surface area contributed by atoms with Crippen molar-refractivity contribution >= 4 is 23.2 Å². The second-order valence-electron chi connectivity index (χ2n) is 5.95. The number of hydrogen-bond acceptors (Lipinski definition) is 4. The van der Waals surface area contributed by atoms with Crippen LogP contribution in [0.5, 0.6) is 5.75 Å². The van der Waals surface area contributed by atoms with Crippen LogP contribution >= 0.6 is 11.6 Å². The van der Waals surface area contributed by atoms with E-state index in [1.807, 2.05) is 0 Å². The maximum absolute atomic E-state index is 14.2. The number of aromatic hydroxyl groups is 1. The van der Waals surface area contributed by atoms with Crippen molar-refractivity contribution in [3.63, 3.8) is 0 Å². The van der Waals surface area contributed by atoms with E-state index < -0.39 is 23.0 Å². The van der Waals surface area contributed by atoms with Crippen LogP contribution in [0.4, 0.5) is 20.4 Å². The van der Waals surface area contributed by atoms with Crippen molar-refractivity contribution in [2.45, 2.75) is 19.9 Å². The molecule has 1 heterocycles. The third-order valence-electron chi connectivity index (χ3n) is 4.08. The van der Waals surface area contributed by atoms with Crippen LogP contribution in [0.15, 0.2) is 64.6 Å². The maximum atomic E-state index is 14.2. The van der Waals surface area contributed by atoms with Crippen molar-refractivity contribution in [3.05, 3.63) is 80.8 Å². The van der Waals surface area contributed by atoms with E-state index in [-0.39, 0.29) is 24.5 Å². The lowest BCUT2D eigenvalue weighted by Crippen LogP contribution is -2.17. The molecule has 0 fully saturated rings. The van der Waals surface area contributed by atoms with Gasteiger partial charge in [-0.25, -0.2) is 8.78 Å². The summed E-state index contributed by atoms with van der Waals surface area (Å²) in [6, 6.07) is 5.17. The van der Waals surface area contributed by atoms with E-state index in [1.54, 1.807) is 31.2 Å². The minimum atomic E-state index is -0.994. The molecule has 0 radical (unpaired) electrons. The molecule has 0 aliphatic heterocycles. The zero-order valence-electron chi connectivity index (χ0n) is 14.3. The van der Waals surface area contributed by atoms with E-state index in [2.05, 4.69) is 10.3 Å². The molecule has 0 amide bonds. The summed E-state index contributed by atoms with van der Waals surface area (Å²) in [4.78, 5) is 15.6. The molecular weight excluding hydrogens is 376 g/mol. The van der Waals surface area contributed by atoms with Crippen LogP contribution in [0.25, 0.3) is 0 Å². The number of nitrogens with zero attached hydrogens (tertiary/aromatic N) is 2. The number of hydrogen-bond donors (Lipinski definition) is 2. The first-order chi connectivity index (χ1) is 12.9. The third-order valence-corrected chi connectivity index (χ3v) is 4.48. The van der Waals surface area contributed by atoms with Gasteiger partial charge >= 0.3 is 5.56 Å². The second-order valence-corrected chi connectivity index (χ2v) is 6.36. The summed E-state index contributed by atoms with van der Waals surface area (Å²) in [6.07, 6.45) is 5.60. The highest BCUT2D eigenvalue weighted by atomic mass is 35.5. The van der Waals surface area contributed by atoms with Crippen molar-refractivity contribution in [2.75, 3.05) is 5.32 Å². The molecule has 1 aromatic carbocycles. The molecule has 8 heteroatoms. The zero-order valence-corrected chi connectivity index (χ0v) is 15.1. The van der Waals surface area contributed by atoms with Crippen LogP contribution in [0.1, 0.15) is 12.0 Å². The Hall–Kier alpha value is -2.93. The van der Waals surface area contributed by atoms with E-state index in [0.717, 1.165) is 17.8 Å². The van der Waals surface area contributed by atoms with E-state index in [1.165, 1.54) is 10.6 Å². The average Bonchev–Trinajstić information content (AvgIpc) is 2.78. The number of anilines is 2.